The third-order valence-electron chi connectivity index (χ3n) is 7.29. The second-order valence-corrected chi connectivity index (χ2v) is 11.4. The van der Waals surface area contributed by atoms with E-state index in [9.17, 15) is 4.79 Å². The minimum Gasteiger partial charge on any atom is -0.444 e. The summed E-state index contributed by atoms with van der Waals surface area (Å²) >= 11 is 0. The van der Waals surface area contributed by atoms with Crippen LogP contribution >= 0.6 is 0 Å². The molecule has 12 nitrogen and oxygen atoms in total. The number of carbonyl (C=O) groups excluding carboxylic acids is 1. The van der Waals surface area contributed by atoms with Gasteiger partial charge in [0.25, 0.3) is 0 Å². The summed E-state index contributed by atoms with van der Waals surface area (Å²) in [7, 11) is 1.96. The topological polar surface area (TPSA) is 124 Å². The van der Waals surface area contributed by atoms with Crippen molar-refractivity contribution in [3.8, 4) is 22.9 Å². The molecule has 0 bridgehead atoms. The maximum Gasteiger partial charge on any atom is 0.410 e. The van der Waals surface area contributed by atoms with Crippen LogP contribution in [0.15, 0.2) is 36.8 Å². The Morgan fingerprint density at radius 2 is 1.78 bits per heavy atom. The van der Waals surface area contributed by atoms with E-state index in [0.717, 1.165) is 41.2 Å². The van der Waals surface area contributed by atoms with Crippen molar-refractivity contribution < 1.29 is 14.3 Å². The van der Waals surface area contributed by atoms with Gasteiger partial charge in [0.15, 0.2) is 22.8 Å². The second-order valence-electron chi connectivity index (χ2n) is 11.4. The zero-order chi connectivity index (χ0) is 28.6. The molecule has 1 unspecified atom stereocenters. The molecule has 4 aromatic heterocycles. The fourth-order valence-electron chi connectivity index (χ4n) is 5.29. The van der Waals surface area contributed by atoms with Crippen LogP contribution in [0.1, 0.15) is 45.4 Å². The van der Waals surface area contributed by atoms with E-state index < -0.39 is 5.60 Å². The first-order valence-corrected chi connectivity index (χ1v) is 14.1. The van der Waals surface area contributed by atoms with Crippen molar-refractivity contribution in [3.05, 3.63) is 42.6 Å². The van der Waals surface area contributed by atoms with Gasteiger partial charge in [-0.25, -0.2) is 29.7 Å². The first-order chi connectivity index (χ1) is 19.8. The summed E-state index contributed by atoms with van der Waals surface area (Å²) in [5, 5.41) is 0. The van der Waals surface area contributed by atoms with Crippen molar-refractivity contribution in [2.24, 2.45) is 7.05 Å². The molecule has 0 spiro atoms. The monoisotopic (exact) mass is 557 g/mol. The summed E-state index contributed by atoms with van der Waals surface area (Å²) in [4.78, 5) is 45.3. The molecular weight excluding hydrogens is 522 g/mol. The van der Waals surface area contributed by atoms with Crippen molar-refractivity contribution in [2.75, 3.05) is 44.3 Å². The average molecular weight is 558 g/mol. The molecule has 12 heteroatoms. The van der Waals surface area contributed by atoms with Crippen molar-refractivity contribution in [1.82, 2.24) is 39.4 Å². The van der Waals surface area contributed by atoms with Crippen LogP contribution in [0.4, 0.5) is 10.6 Å². The maximum absolute atomic E-state index is 12.7. The number of nitrogens with zero attached hydrogens (tertiary/aromatic N) is 9. The Balaban J connectivity index is 1.37. The van der Waals surface area contributed by atoms with E-state index >= 15 is 0 Å². The number of piperidine rings is 1. The van der Waals surface area contributed by atoms with Gasteiger partial charge >= 0.3 is 6.09 Å². The predicted molar refractivity (Wildman–Crippen MR) is 153 cm³/mol. The van der Waals surface area contributed by atoms with Crippen molar-refractivity contribution in [1.29, 1.82) is 0 Å². The molecule has 1 amide bonds. The van der Waals surface area contributed by atoms with Gasteiger partial charge in [0.2, 0.25) is 0 Å². The SMILES string of the molecule is Cn1c(-c2ccncc2)nc2c(N3CCOCC3)nc(-c3ccnc(C4CCCN(C(=O)OC(C)(C)C)C4)n3)nc21. The Bertz CT molecular complexity index is 1540. The molecule has 214 valence electrons. The van der Waals surface area contributed by atoms with Crippen LogP contribution in [0.2, 0.25) is 0 Å². The first-order valence-electron chi connectivity index (χ1n) is 14.1. The van der Waals surface area contributed by atoms with Crippen LogP contribution in [0.3, 0.4) is 0 Å². The number of likely N-dealkylation sites (tertiary alicyclic amines) is 1. The Morgan fingerprint density at radius 1 is 1.00 bits per heavy atom. The third kappa shape index (κ3) is 5.69. The maximum atomic E-state index is 12.7. The fraction of sp³-hybridized carbons (Fsp3) is 0.483. The highest BCUT2D eigenvalue weighted by molar-refractivity contribution is 5.88. The van der Waals surface area contributed by atoms with Crippen LogP contribution < -0.4 is 4.90 Å². The quantitative estimate of drug-likeness (QED) is 0.366. The number of imidazole rings is 1. The number of anilines is 1. The van der Waals surface area contributed by atoms with E-state index in [2.05, 4.69) is 14.9 Å². The Kier molecular flexibility index (Phi) is 7.24. The molecule has 4 aromatic rings. The highest BCUT2D eigenvalue weighted by atomic mass is 16.6. The minimum absolute atomic E-state index is 0.00587. The standard InChI is InChI=1S/C29H35N9O3/c1-29(2,3)41-28(39)38-13-5-6-20(18-38)23-31-12-9-21(32-23)24-34-26-22(27(35-24)37-14-16-40-17-15-37)33-25(36(26)4)19-7-10-30-11-8-19/h7-12,20H,5-6,13-18H2,1-4H3. The van der Waals surface area contributed by atoms with Crippen LogP contribution in [0.5, 0.6) is 0 Å². The smallest absolute Gasteiger partial charge is 0.410 e. The number of fused-ring (bicyclic) bond motifs is 1. The minimum atomic E-state index is -0.544. The molecular formula is C29H35N9O3. The Labute approximate surface area is 238 Å². The molecule has 41 heavy (non-hydrogen) atoms. The Hall–Kier alpha value is -4.19. The van der Waals surface area contributed by atoms with E-state index in [0.29, 0.717) is 56.7 Å². The van der Waals surface area contributed by atoms with Crippen molar-refractivity contribution in [3.63, 3.8) is 0 Å². The summed E-state index contributed by atoms with van der Waals surface area (Å²) in [6.45, 7) is 9.48. The van der Waals surface area contributed by atoms with Gasteiger partial charge < -0.3 is 23.8 Å². The third-order valence-corrected chi connectivity index (χ3v) is 7.29. The van der Waals surface area contributed by atoms with Gasteiger partial charge in [-0.05, 0) is 51.8 Å². The highest BCUT2D eigenvalue weighted by Crippen LogP contribution is 2.32. The molecule has 1 atom stereocenters. The molecule has 2 aliphatic heterocycles. The van der Waals surface area contributed by atoms with Gasteiger partial charge in [-0.2, -0.15) is 0 Å². The molecule has 2 saturated heterocycles. The van der Waals surface area contributed by atoms with Gasteiger partial charge in [-0.15, -0.1) is 0 Å². The predicted octanol–water partition coefficient (Wildman–Crippen LogP) is 3.83. The summed E-state index contributed by atoms with van der Waals surface area (Å²) in [6, 6.07) is 5.71. The van der Waals surface area contributed by atoms with E-state index in [1.165, 1.54) is 0 Å². The van der Waals surface area contributed by atoms with Crippen LogP contribution in [-0.4, -0.2) is 90.5 Å². The number of hydrogen-bond donors (Lipinski definition) is 0. The highest BCUT2D eigenvalue weighted by Gasteiger charge is 2.30. The van der Waals surface area contributed by atoms with Crippen LogP contribution in [-0.2, 0) is 16.5 Å². The van der Waals surface area contributed by atoms with Crippen LogP contribution in [0.25, 0.3) is 34.1 Å². The lowest BCUT2D eigenvalue weighted by Gasteiger charge is -2.33. The van der Waals surface area contributed by atoms with Gasteiger partial charge in [0.05, 0.1) is 13.2 Å². The van der Waals surface area contributed by atoms with Gasteiger partial charge in [-0.3, -0.25) is 4.98 Å². The number of pyridine rings is 1. The normalized spacial score (nSPS) is 18.1. The molecule has 0 aromatic carbocycles. The zero-order valence-electron chi connectivity index (χ0n) is 23.9. The first kappa shape index (κ1) is 27.0. The summed E-state index contributed by atoms with van der Waals surface area (Å²) in [5.41, 5.74) is 2.49. The number of hydrogen-bond acceptors (Lipinski definition) is 10. The van der Waals surface area contributed by atoms with Crippen molar-refractivity contribution >= 4 is 23.1 Å². The van der Waals surface area contributed by atoms with Gasteiger partial charge in [0.1, 0.15) is 22.9 Å². The molecule has 6 heterocycles. The number of rotatable bonds is 4. The largest absolute Gasteiger partial charge is 0.444 e. The van der Waals surface area contributed by atoms with E-state index in [-0.39, 0.29) is 12.0 Å². The number of morpholine rings is 1. The molecule has 2 fully saturated rings. The van der Waals surface area contributed by atoms with Crippen LogP contribution in [0, 0.1) is 0 Å². The molecule has 0 radical (unpaired) electrons. The average Bonchev–Trinajstić information content (AvgIpc) is 3.33. The summed E-state index contributed by atoms with van der Waals surface area (Å²) < 4.78 is 13.2. The van der Waals surface area contributed by atoms with Crippen molar-refractivity contribution in [2.45, 2.75) is 45.1 Å². The fourth-order valence-corrected chi connectivity index (χ4v) is 5.29. The Morgan fingerprint density at radius 3 is 2.54 bits per heavy atom. The van der Waals surface area contributed by atoms with E-state index in [1.54, 1.807) is 23.5 Å². The number of ether oxygens (including phenoxy) is 2. The number of aryl methyl sites for hydroxylation is 1. The summed E-state index contributed by atoms with van der Waals surface area (Å²) in [5.74, 6) is 2.73. The lowest BCUT2D eigenvalue weighted by Crippen LogP contribution is -2.42. The number of aromatic nitrogens is 7. The van der Waals surface area contributed by atoms with Gasteiger partial charge in [0, 0.05) is 63.3 Å². The number of amides is 1. The molecule has 6 rings (SSSR count). The lowest BCUT2D eigenvalue weighted by molar-refractivity contribution is 0.0196. The molecule has 0 saturated carbocycles. The van der Waals surface area contributed by atoms with E-state index in [4.69, 9.17) is 29.4 Å². The number of carbonyl (C=O) groups is 1. The second kappa shape index (κ2) is 11.0. The van der Waals surface area contributed by atoms with E-state index in [1.807, 2.05) is 50.6 Å². The molecule has 0 aliphatic carbocycles. The summed E-state index contributed by atoms with van der Waals surface area (Å²) in [6.07, 6.45) is 6.70. The molecule has 0 N–H and O–H groups in total. The van der Waals surface area contributed by atoms with Gasteiger partial charge in [-0.1, -0.05) is 0 Å². The lowest BCUT2D eigenvalue weighted by atomic mass is 9.97. The zero-order valence-corrected chi connectivity index (χ0v) is 23.9. The molecule has 2 aliphatic rings.